The molecule has 31 heavy (non-hydrogen) atoms. The number of carbonyl (C=O) groups is 1. The van der Waals surface area contributed by atoms with Crippen molar-refractivity contribution in [2.75, 3.05) is 7.11 Å². The first kappa shape index (κ1) is 21.2. The summed E-state index contributed by atoms with van der Waals surface area (Å²) in [4.78, 5) is 12.6. The summed E-state index contributed by atoms with van der Waals surface area (Å²) in [5.74, 6) is 0.849. The summed E-state index contributed by atoms with van der Waals surface area (Å²) in [6.45, 7) is 6.11. The lowest BCUT2D eigenvalue weighted by atomic mass is 9.96. The maximum absolute atomic E-state index is 12.6. The van der Waals surface area contributed by atoms with Gasteiger partial charge in [-0.2, -0.15) is 5.10 Å². The van der Waals surface area contributed by atoms with Crippen LogP contribution >= 0.6 is 11.6 Å². The maximum Gasteiger partial charge on any atom is 0.251 e. The lowest BCUT2D eigenvalue weighted by Gasteiger charge is -2.15. The number of methoxy groups -OCH3 is 1. The molecule has 1 heterocycles. The van der Waals surface area contributed by atoms with E-state index >= 15 is 0 Å². The predicted molar refractivity (Wildman–Crippen MR) is 124 cm³/mol. The molecule has 0 fully saturated rings. The SMILES string of the molecule is COc1ccc(C(=O)NC2C=CC(c3c(C)nn(-c4ccc(C)c(Cl)c4)c3C)C2)cc1. The van der Waals surface area contributed by atoms with Crippen molar-refractivity contribution < 1.29 is 9.53 Å². The monoisotopic (exact) mass is 435 g/mol. The van der Waals surface area contributed by atoms with Gasteiger partial charge in [0.15, 0.2) is 0 Å². The molecule has 6 heteroatoms. The third-order valence-corrected chi connectivity index (χ3v) is 6.28. The number of amides is 1. The maximum atomic E-state index is 12.6. The normalized spacial score (nSPS) is 17.7. The third kappa shape index (κ3) is 4.23. The number of aryl methyl sites for hydroxylation is 2. The van der Waals surface area contributed by atoms with Gasteiger partial charge < -0.3 is 10.1 Å². The molecule has 2 atom stereocenters. The Kier molecular flexibility index (Phi) is 5.88. The number of hydrogen-bond donors (Lipinski definition) is 1. The Labute approximate surface area is 187 Å². The number of ether oxygens (including phenoxy) is 1. The van der Waals surface area contributed by atoms with E-state index in [1.165, 1.54) is 5.56 Å². The van der Waals surface area contributed by atoms with E-state index in [0.717, 1.165) is 39.8 Å². The molecule has 5 nitrogen and oxygen atoms in total. The summed E-state index contributed by atoms with van der Waals surface area (Å²) in [5, 5.41) is 8.61. The van der Waals surface area contributed by atoms with Gasteiger partial charge in [-0.3, -0.25) is 4.79 Å². The molecule has 1 aromatic heterocycles. The number of benzene rings is 2. The second kappa shape index (κ2) is 8.60. The molecule has 3 aromatic rings. The molecule has 0 saturated carbocycles. The lowest BCUT2D eigenvalue weighted by Crippen LogP contribution is -2.32. The molecule has 0 saturated heterocycles. The zero-order valence-corrected chi connectivity index (χ0v) is 18.9. The number of carbonyl (C=O) groups excluding carboxylic acids is 1. The lowest BCUT2D eigenvalue weighted by molar-refractivity contribution is 0.0944. The van der Waals surface area contributed by atoms with Crippen molar-refractivity contribution in [3.8, 4) is 11.4 Å². The summed E-state index contributed by atoms with van der Waals surface area (Å²) in [6.07, 6.45) is 5.05. The van der Waals surface area contributed by atoms with Crippen molar-refractivity contribution >= 4 is 17.5 Å². The Morgan fingerprint density at radius 3 is 2.55 bits per heavy atom. The van der Waals surface area contributed by atoms with E-state index < -0.39 is 0 Å². The van der Waals surface area contributed by atoms with Crippen LogP contribution in [0.15, 0.2) is 54.6 Å². The first-order valence-electron chi connectivity index (χ1n) is 10.3. The van der Waals surface area contributed by atoms with Crippen molar-refractivity contribution in [2.45, 2.75) is 39.2 Å². The zero-order chi connectivity index (χ0) is 22.1. The highest BCUT2D eigenvalue weighted by molar-refractivity contribution is 6.31. The van der Waals surface area contributed by atoms with Gasteiger partial charge in [0.05, 0.1) is 18.5 Å². The summed E-state index contributed by atoms with van der Waals surface area (Å²) >= 11 is 6.33. The molecule has 1 aliphatic carbocycles. The molecule has 1 amide bonds. The molecular weight excluding hydrogens is 410 g/mol. The molecule has 2 aromatic carbocycles. The van der Waals surface area contributed by atoms with Gasteiger partial charge in [0.1, 0.15) is 5.75 Å². The fraction of sp³-hybridized carbons (Fsp3) is 0.280. The minimum absolute atomic E-state index is 0.0180. The van der Waals surface area contributed by atoms with E-state index in [2.05, 4.69) is 24.4 Å². The zero-order valence-electron chi connectivity index (χ0n) is 18.1. The molecular formula is C25H26ClN3O2. The minimum atomic E-state index is -0.0867. The Morgan fingerprint density at radius 1 is 1.13 bits per heavy atom. The topological polar surface area (TPSA) is 56.1 Å². The number of rotatable bonds is 5. The van der Waals surface area contributed by atoms with Gasteiger partial charge >= 0.3 is 0 Å². The quantitative estimate of drug-likeness (QED) is 0.553. The molecule has 2 unspecified atom stereocenters. The van der Waals surface area contributed by atoms with Gasteiger partial charge in [-0.1, -0.05) is 29.8 Å². The van der Waals surface area contributed by atoms with Crippen LogP contribution in [0.25, 0.3) is 5.69 Å². The summed E-state index contributed by atoms with van der Waals surface area (Å²) < 4.78 is 7.11. The number of nitrogens with zero attached hydrogens (tertiary/aromatic N) is 2. The average molecular weight is 436 g/mol. The van der Waals surface area contributed by atoms with Gasteiger partial charge in [-0.15, -0.1) is 0 Å². The fourth-order valence-electron chi connectivity index (χ4n) is 4.17. The van der Waals surface area contributed by atoms with E-state index in [0.29, 0.717) is 5.56 Å². The number of nitrogens with one attached hydrogen (secondary N) is 1. The molecule has 1 N–H and O–H groups in total. The van der Waals surface area contributed by atoms with Crippen LogP contribution in [0.5, 0.6) is 5.75 Å². The van der Waals surface area contributed by atoms with Crippen LogP contribution in [0.1, 0.15) is 45.2 Å². The van der Waals surface area contributed by atoms with Crippen LogP contribution in [-0.4, -0.2) is 28.8 Å². The van der Waals surface area contributed by atoms with Gasteiger partial charge in [0.2, 0.25) is 0 Å². The van der Waals surface area contributed by atoms with E-state index in [1.807, 2.05) is 36.7 Å². The Hall–Kier alpha value is -3.05. The fourth-order valence-corrected chi connectivity index (χ4v) is 4.35. The predicted octanol–water partition coefficient (Wildman–Crippen LogP) is 5.30. The molecule has 0 bridgehead atoms. The average Bonchev–Trinajstić information content (AvgIpc) is 3.33. The second-order valence-corrected chi connectivity index (χ2v) is 8.37. The Bertz CT molecular complexity index is 1150. The molecule has 4 rings (SSSR count). The number of allylic oxidation sites excluding steroid dienone is 1. The Balaban J connectivity index is 1.49. The van der Waals surface area contributed by atoms with Crippen LogP contribution < -0.4 is 10.1 Å². The molecule has 0 aliphatic heterocycles. The van der Waals surface area contributed by atoms with E-state index in [1.54, 1.807) is 31.4 Å². The van der Waals surface area contributed by atoms with Crippen LogP contribution in [-0.2, 0) is 0 Å². The highest BCUT2D eigenvalue weighted by Crippen LogP contribution is 2.34. The van der Waals surface area contributed by atoms with Crippen molar-refractivity contribution in [1.29, 1.82) is 0 Å². The standard InChI is InChI=1S/C25H26ClN3O2/c1-15-5-10-21(14-23(15)26)29-17(3)24(16(2)28-29)19-6-9-20(13-19)27-25(30)18-7-11-22(31-4)12-8-18/h5-12,14,19-20H,13H2,1-4H3,(H,27,30). The molecule has 160 valence electrons. The van der Waals surface area contributed by atoms with Gasteiger partial charge in [-0.25, -0.2) is 4.68 Å². The van der Waals surface area contributed by atoms with Crippen molar-refractivity contribution in [3.05, 3.63) is 87.7 Å². The van der Waals surface area contributed by atoms with Crippen molar-refractivity contribution in [3.63, 3.8) is 0 Å². The second-order valence-electron chi connectivity index (χ2n) is 7.97. The first-order chi connectivity index (χ1) is 14.9. The molecule has 0 radical (unpaired) electrons. The summed E-state index contributed by atoms with van der Waals surface area (Å²) in [6, 6.07) is 13.1. The minimum Gasteiger partial charge on any atom is -0.497 e. The number of halogens is 1. The van der Waals surface area contributed by atoms with Crippen LogP contribution in [0.3, 0.4) is 0 Å². The largest absolute Gasteiger partial charge is 0.497 e. The highest BCUT2D eigenvalue weighted by Gasteiger charge is 2.27. The summed E-state index contributed by atoms with van der Waals surface area (Å²) in [5.41, 5.74) is 5.90. The van der Waals surface area contributed by atoms with Gasteiger partial charge in [-0.05, 0) is 69.2 Å². The van der Waals surface area contributed by atoms with E-state index in [9.17, 15) is 4.79 Å². The van der Waals surface area contributed by atoms with Crippen LogP contribution in [0.2, 0.25) is 5.02 Å². The van der Waals surface area contributed by atoms with E-state index in [-0.39, 0.29) is 17.9 Å². The van der Waals surface area contributed by atoms with Crippen molar-refractivity contribution in [1.82, 2.24) is 15.1 Å². The highest BCUT2D eigenvalue weighted by atomic mass is 35.5. The first-order valence-corrected chi connectivity index (χ1v) is 10.7. The number of aromatic nitrogens is 2. The van der Waals surface area contributed by atoms with Gasteiger partial charge in [0, 0.05) is 33.8 Å². The summed E-state index contributed by atoms with van der Waals surface area (Å²) in [7, 11) is 1.61. The Morgan fingerprint density at radius 2 is 1.87 bits per heavy atom. The smallest absolute Gasteiger partial charge is 0.251 e. The van der Waals surface area contributed by atoms with Crippen LogP contribution in [0, 0.1) is 20.8 Å². The molecule has 0 spiro atoms. The van der Waals surface area contributed by atoms with Crippen molar-refractivity contribution in [2.24, 2.45) is 0 Å². The third-order valence-electron chi connectivity index (χ3n) is 5.87. The van der Waals surface area contributed by atoms with Gasteiger partial charge in [0.25, 0.3) is 5.91 Å². The molecule has 1 aliphatic rings. The number of hydrogen-bond acceptors (Lipinski definition) is 3. The van der Waals surface area contributed by atoms with Crippen LogP contribution in [0.4, 0.5) is 0 Å². The van der Waals surface area contributed by atoms with E-state index in [4.69, 9.17) is 21.4 Å².